The van der Waals surface area contributed by atoms with Crippen LogP contribution in [-0.4, -0.2) is 20.5 Å². The number of nitriles is 1. The Kier molecular flexibility index (Phi) is 3.65. The molecule has 0 bridgehead atoms. The van der Waals surface area contributed by atoms with E-state index >= 15 is 0 Å². The highest BCUT2D eigenvalue weighted by Crippen LogP contribution is 2.34. The summed E-state index contributed by atoms with van der Waals surface area (Å²) in [6.45, 7) is 1.83. The van der Waals surface area contributed by atoms with E-state index in [0.717, 1.165) is 4.47 Å². The molecule has 18 heavy (non-hydrogen) atoms. The quantitative estimate of drug-likeness (QED) is 0.796. The molecule has 0 radical (unpaired) electrons. The van der Waals surface area contributed by atoms with Crippen LogP contribution in [0, 0.1) is 11.3 Å². The molecule has 2 aromatic rings. The average molecular weight is 393 g/mol. The molecule has 0 spiro atoms. The Balaban J connectivity index is 2.55. The van der Waals surface area contributed by atoms with Gasteiger partial charge in [0.2, 0.25) is 0 Å². The number of nitrogens with zero attached hydrogens (tertiary/aromatic N) is 4. The van der Waals surface area contributed by atoms with E-state index in [1.54, 1.807) is 13.0 Å². The SMILES string of the molecule is CC(N)(C#N)Cn1nc2c(Br)cc(Cl)c(Br)c2n1. The standard InChI is InChI=1S/C10H8Br2ClN5/c1-10(15,3-14)4-18-16-8-5(11)2-6(13)7(12)9(8)17-18/h2H,4,15H2,1H3. The number of fused-ring (bicyclic) bond motifs is 1. The third-order valence-corrected chi connectivity index (χ3v) is 4.21. The zero-order chi connectivity index (χ0) is 13.5. The van der Waals surface area contributed by atoms with Crippen molar-refractivity contribution in [1.82, 2.24) is 15.0 Å². The van der Waals surface area contributed by atoms with Gasteiger partial charge in [0.15, 0.2) is 0 Å². The minimum Gasteiger partial charge on any atom is -0.312 e. The van der Waals surface area contributed by atoms with E-state index < -0.39 is 5.54 Å². The van der Waals surface area contributed by atoms with Gasteiger partial charge >= 0.3 is 0 Å². The van der Waals surface area contributed by atoms with Crippen molar-refractivity contribution in [2.75, 3.05) is 0 Å². The van der Waals surface area contributed by atoms with Gasteiger partial charge < -0.3 is 5.73 Å². The van der Waals surface area contributed by atoms with Crippen LogP contribution in [0.1, 0.15) is 6.92 Å². The molecule has 0 fully saturated rings. The highest BCUT2D eigenvalue weighted by molar-refractivity contribution is 9.11. The summed E-state index contributed by atoms with van der Waals surface area (Å²) in [6.07, 6.45) is 0. The lowest BCUT2D eigenvalue weighted by atomic mass is 10.1. The van der Waals surface area contributed by atoms with Gasteiger partial charge in [-0.25, -0.2) is 0 Å². The second-order valence-electron chi connectivity index (χ2n) is 4.11. The van der Waals surface area contributed by atoms with Gasteiger partial charge in [0.05, 0.1) is 22.1 Å². The Bertz CT molecular complexity index is 658. The Morgan fingerprint density at radius 1 is 1.50 bits per heavy atom. The van der Waals surface area contributed by atoms with E-state index in [4.69, 9.17) is 22.6 Å². The molecule has 0 amide bonds. The van der Waals surface area contributed by atoms with Crippen LogP contribution >= 0.6 is 43.5 Å². The number of hydrogen-bond acceptors (Lipinski definition) is 4. The molecule has 5 nitrogen and oxygen atoms in total. The number of benzene rings is 1. The summed E-state index contributed by atoms with van der Waals surface area (Å²) in [5, 5.41) is 18.0. The van der Waals surface area contributed by atoms with Crippen molar-refractivity contribution in [2.24, 2.45) is 5.73 Å². The molecule has 1 heterocycles. The largest absolute Gasteiger partial charge is 0.312 e. The molecule has 94 valence electrons. The molecule has 0 saturated heterocycles. The number of nitrogens with two attached hydrogens (primary N) is 1. The van der Waals surface area contributed by atoms with E-state index in [9.17, 15) is 0 Å². The summed E-state index contributed by atoms with van der Waals surface area (Å²) in [5.41, 5.74) is 6.04. The highest BCUT2D eigenvalue weighted by atomic mass is 79.9. The molecule has 0 saturated carbocycles. The van der Waals surface area contributed by atoms with Gasteiger partial charge in [-0.2, -0.15) is 20.3 Å². The van der Waals surface area contributed by atoms with E-state index in [-0.39, 0.29) is 6.54 Å². The predicted octanol–water partition coefficient (Wildman–Crippen LogP) is 2.85. The fraction of sp³-hybridized carbons (Fsp3) is 0.300. The number of hydrogen-bond donors (Lipinski definition) is 1. The second-order valence-corrected chi connectivity index (χ2v) is 6.17. The maximum atomic E-state index is 8.90. The van der Waals surface area contributed by atoms with Crippen LogP contribution < -0.4 is 5.73 Å². The number of rotatable bonds is 2. The summed E-state index contributed by atoms with van der Waals surface area (Å²) in [4.78, 5) is 1.40. The highest BCUT2D eigenvalue weighted by Gasteiger charge is 2.21. The van der Waals surface area contributed by atoms with Crippen molar-refractivity contribution in [3.8, 4) is 6.07 Å². The topological polar surface area (TPSA) is 80.5 Å². The van der Waals surface area contributed by atoms with Crippen LogP contribution in [0.5, 0.6) is 0 Å². The molecule has 1 aromatic heterocycles. The Labute approximate surface area is 125 Å². The van der Waals surface area contributed by atoms with E-state index in [2.05, 4.69) is 42.1 Å². The maximum Gasteiger partial charge on any atom is 0.130 e. The first-order valence-corrected chi connectivity index (χ1v) is 6.89. The molecule has 2 rings (SSSR count). The molecule has 0 aliphatic heterocycles. The summed E-state index contributed by atoms with van der Waals surface area (Å²) < 4.78 is 1.41. The van der Waals surface area contributed by atoms with Gasteiger partial charge in [-0.3, -0.25) is 0 Å². The van der Waals surface area contributed by atoms with Crippen molar-refractivity contribution in [2.45, 2.75) is 19.0 Å². The lowest BCUT2D eigenvalue weighted by Crippen LogP contribution is -2.39. The smallest absolute Gasteiger partial charge is 0.130 e. The fourth-order valence-electron chi connectivity index (χ4n) is 1.41. The Hall–Kier alpha value is -0.680. The van der Waals surface area contributed by atoms with E-state index in [1.807, 2.05) is 6.07 Å². The van der Waals surface area contributed by atoms with E-state index in [0.29, 0.717) is 20.5 Å². The second kappa shape index (κ2) is 4.78. The minimum absolute atomic E-state index is 0.203. The normalized spacial score (nSPS) is 14.4. The van der Waals surface area contributed by atoms with Crippen molar-refractivity contribution in [1.29, 1.82) is 5.26 Å². The van der Waals surface area contributed by atoms with Gasteiger partial charge in [-0.05, 0) is 44.8 Å². The summed E-state index contributed by atoms with van der Waals surface area (Å²) in [6, 6.07) is 3.74. The van der Waals surface area contributed by atoms with Gasteiger partial charge in [0.1, 0.15) is 16.6 Å². The van der Waals surface area contributed by atoms with Crippen molar-refractivity contribution >= 4 is 54.5 Å². The van der Waals surface area contributed by atoms with Crippen molar-refractivity contribution < 1.29 is 0 Å². The molecule has 1 atom stereocenters. The van der Waals surface area contributed by atoms with E-state index in [1.165, 1.54) is 4.80 Å². The van der Waals surface area contributed by atoms with Crippen LogP contribution in [0.3, 0.4) is 0 Å². The van der Waals surface area contributed by atoms with Crippen LogP contribution in [0.4, 0.5) is 0 Å². The Morgan fingerprint density at radius 2 is 2.11 bits per heavy atom. The summed E-state index contributed by atoms with van der Waals surface area (Å²) in [5.74, 6) is 0. The molecular formula is C10H8Br2ClN5. The van der Waals surface area contributed by atoms with Gasteiger partial charge in [-0.1, -0.05) is 11.6 Å². The monoisotopic (exact) mass is 391 g/mol. The molecule has 2 N–H and O–H groups in total. The third-order valence-electron chi connectivity index (χ3n) is 2.28. The van der Waals surface area contributed by atoms with Crippen LogP contribution in [0.2, 0.25) is 5.02 Å². The first-order valence-electron chi connectivity index (χ1n) is 4.92. The molecule has 0 aliphatic rings. The number of aromatic nitrogens is 3. The zero-order valence-electron chi connectivity index (χ0n) is 9.28. The molecular weight excluding hydrogens is 385 g/mol. The first-order chi connectivity index (χ1) is 8.34. The summed E-state index contributed by atoms with van der Waals surface area (Å²) >= 11 is 12.8. The third kappa shape index (κ3) is 2.52. The lowest BCUT2D eigenvalue weighted by Gasteiger charge is -2.13. The molecule has 1 aromatic carbocycles. The zero-order valence-corrected chi connectivity index (χ0v) is 13.2. The molecule has 0 aliphatic carbocycles. The maximum absolute atomic E-state index is 8.90. The van der Waals surface area contributed by atoms with Gasteiger partial charge in [0, 0.05) is 4.47 Å². The molecule has 1 unspecified atom stereocenters. The average Bonchev–Trinajstić information content (AvgIpc) is 2.70. The van der Waals surface area contributed by atoms with Crippen molar-refractivity contribution in [3.05, 3.63) is 20.0 Å². The lowest BCUT2D eigenvalue weighted by molar-refractivity contribution is 0.423. The Morgan fingerprint density at radius 3 is 2.72 bits per heavy atom. The van der Waals surface area contributed by atoms with Crippen LogP contribution in [-0.2, 0) is 6.54 Å². The predicted molar refractivity (Wildman–Crippen MR) is 76.1 cm³/mol. The van der Waals surface area contributed by atoms with Gasteiger partial charge in [0.25, 0.3) is 0 Å². The number of halogens is 3. The summed E-state index contributed by atoms with van der Waals surface area (Å²) in [7, 11) is 0. The fourth-order valence-corrected chi connectivity index (χ4v) is 2.62. The first kappa shape index (κ1) is 13.7. The van der Waals surface area contributed by atoms with Gasteiger partial charge in [-0.15, -0.1) is 0 Å². The van der Waals surface area contributed by atoms with Crippen LogP contribution in [0.15, 0.2) is 15.0 Å². The molecule has 8 heteroatoms. The minimum atomic E-state index is -1.02. The van der Waals surface area contributed by atoms with Crippen LogP contribution in [0.25, 0.3) is 11.0 Å². The van der Waals surface area contributed by atoms with Crippen molar-refractivity contribution in [3.63, 3.8) is 0 Å².